The maximum Gasteiger partial charge on any atom is 0.0643 e. The molecule has 2 rings (SSSR count). The zero-order chi connectivity index (χ0) is 15.4. The van der Waals surface area contributed by atoms with Crippen LogP contribution in [0.3, 0.4) is 0 Å². The van der Waals surface area contributed by atoms with Crippen LogP contribution in [0.4, 0.5) is 5.69 Å². The molecule has 1 aliphatic rings. The van der Waals surface area contributed by atoms with E-state index in [0.717, 1.165) is 24.7 Å². The van der Waals surface area contributed by atoms with Crippen LogP contribution in [-0.4, -0.2) is 30.1 Å². The summed E-state index contributed by atoms with van der Waals surface area (Å²) in [5.74, 6) is 1.84. The lowest BCUT2D eigenvalue weighted by Crippen LogP contribution is -2.45. The van der Waals surface area contributed by atoms with Crippen LogP contribution >= 0.6 is 23.4 Å². The van der Waals surface area contributed by atoms with Crippen molar-refractivity contribution in [3.05, 3.63) is 28.8 Å². The first kappa shape index (κ1) is 17.0. The number of nitrogens with one attached hydrogen (secondary N) is 1. The molecular formula is C17H27ClN2S. The molecule has 1 aromatic rings. The molecule has 0 spiro atoms. The number of hydrogen-bond donors (Lipinski definition) is 1. The molecular weight excluding hydrogens is 300 g/mol. The van der Waals surface area contributed by atoms with Gasteiger partial charge in [0, 0.05) is 30.1 Å². The molecule has 1 heterocycles. The average Bonchev–Trinajstić information content (AvgIpc) is 2.42. The molecule has 2 unspecified atom stereocenters. The summed E-state index contributed by atoms with van der Waals surface area (Å²) in [6, 6.07) is 6.80. The molecule has 1 aliphatic heterocycles. The molecule has 0 aliphatic carbocycles. The highest BCUT2D eigenvalue weighted by Crippen LogP contribution is 2.36. The Bertz CT molecular complexity index is 464. The fraction of sp³-hybridized carbons (Fsp3) is 0.647. The third-order valence-electron chi connectivity index (χ3n) is 4.11. The van der Waals surface area contributed by atoms with Crippen molar-refractivity contribution in [3.8, 4) is 0 Å². The van der Waals surface area contributed by atoms with E-state index in [-0.39, 0.29) is 0 Å². The largest absolute Gasteiger partial charge is 0.365 e. The van der Waals surface area contributed by atoms with Crippen LogP contribution in [0.15, 0.2) is 18.2 Å². The molecule has 1 aromatic carbocycles. The maximum atomic E-state index is 6.54. The van der Waals surface area contributed by atoms with Gasteiger partial charge in [0.1, 0.15) is 0 Å². The second-order valence-corrected chi connectivity index (χ2v) is 8.17. The predicted molar refractivity (Wildman–Crippen MR) is 96.7 cm³/mol. The Hall–Kier alpha value is -0.380. The van der Waals surface area contributed by atoms with Crippen LogP contribution in [-0.2, 0) is 6.54 Å². The Morgan fingerprint density at radius 3 is 2.86 bits per heavy atom. The quantitative estimate of drug-likeness (QED) is 0.862. The monoisotopic (exact) mass is 326 g/mol. The molecule has 0 radical (unpaired) electrons. The van der Waals surface area contributed by atoms with E-state index in [2.05, 4.69) is 61.8 Å². The normalized spacial score (nSPS) is 22.9. The van der Waals surface area contributed by atoms with E-state index in [1.807, 2.05) is 6.07 Å². The van der Waals surface area contributed by atoms with Crippen molar-refractivity contribution >= 4 is 29.1 Å². The zero-order valence-electron chi connectivity index (χ0n) is 13.5. The van der Waals surface area contributed by atoms with Crippen molar-refractivity contribution in [3.63, 3.8) is 0 Å². The smallest absolute Gasteiger partial charge is 0.0643 e. The van der Waals surface area contributed by atoms with Crippen molar-refractivity contribution in [2.45, 2.75) is 45.5 Å². The van der Waals surface area contributed by atoms with Gasteiger partial charge in [-0.25, -0.2) is 0 Å². The number of nitrogens with zero attached hydrogens (tertiary/aromatic N) is 1. The summed E-state index contributed by atoms with van der Waals surface area (Å²) in [6.07, 6.45) is 0. The summed E-state index contributed by atoms with van der Waals surface area (Å²) in [4.78, 5) is 2.50. The van der Waals surface area contributed by atoms with Crippen LogP contribution in [0, 0.1) is 5.92 Å². The Morgan fingerprint density at radius 1 is 1.38 bits per heavy atom. The van der Waals surface area contributed by atoms with Crippen molar-refractivity contribution in [1.29, 1.82) is 0 Å². The minimum atomic E-state index is 0.521. The topological polar surface area (TPSA) is 15.3 Å². The summed E-state index contributed by atoms with van der Waals surface area (Å²) < 4.78 is 0. The van der Waals surface area contributed by atoms with Crippen LogP contribution in [0.25, 0.3) is 0 Å². The van der Waals surface area contributed by atoms with Gasteiger partial charge in [-0.15, -0.1) is 0 Å². The standard InChI is InChI=1S/C17H27ClN2S/c1-12(2)10-19-11-15-6-5-7-16(18)17(15)20-8-9-21-14(4)13(20)3/h5-7,12-14,19H,8-11H2,1-4H3. The molecule has 4 heteroatoms. The van der Waals surface area contributed by atoms with E-state index < -0.39 is 0 Å². The van der Waals surface area contributed by atoms with Crippen molar-refractivity contribution in [1.82, 2.24) is 5.32 Å². The highest BCUT2D eigenvalue weighted by molar-refractivity contribution is 8.00. The lowest BCUT2D eigenvalue weighted by atomic mass is 10.1. The number of benzene rings is 1. The van der Waals surface area contributed by atoms with Crippen LogP contribution in [0.5, 0.6) is 0 Å². The van der Waals surface area contributed by atoms with E-state index >= 15 is 0 Å². The van der Waals surface area contributed by atoms with E-state index in [9.17, 15) is 0 Å². The second-order valence-electron chi connectivity index (χ2n) is 6.28. The van der Waals surface area contributed by atoms with E-state index in [4.69, 9.17) is 11.6 Å². The minimum absolute atomic E-state index is 0.521. The molecule has 21 heavy (non-hydrogen) atoms. The third-order valence-corrected chi connectivity index (χ3v) is 5.75. The molecule has 0 bridgehead atoms. The molecule has 1 fully saturated rings. The second kappa shape index (κ2) is 7.75. The van der Waals surface area contributed by atoms with Crippen molar-refractivity contribution < 1.29 is 0 Å². The van der Waals surface area contributed by atoms with Gasteiger partial charge in [0.05, 0.1) is 10.7 Å². The first-order valence-corrected chi connectivity index (χ1v) is 9.29. The van der Waals surface area contributed by atoms with Gasteiger partial charge in [-0.3, -0.25) is 0 Å². The zero-order valence-corrected chi connectivity index (χ0v) is 15.1. The highest BCUT2D eigenvalue weighted by Gasteiger charge is 2.28. The van der Waals surface area contributed by atoms with Gasteiger partial charge < -0.3 is 10.2 Å². The fourth-order valence-corrected chi connectivity index (χ4v) is 4.17. The molecule has 2 nitrogen and oxygen atoms in total. The van der Waals surface area contributed by atoms with Crippen molar-refractivity contribution in [2.75, 3.05) is 23.7 Å². The Balaban J connectivity index is 2.20. The van der Waals surface area contributed by atoms with Crippen molar-refractivity contribution in [2.24, 2.45) is 5.92 Å². The number of halogens is 1. The number of hydrogen-bond acceptors (Lipinski definition) is 3. The molecule has 0 aromatic heterocycles. The number of anilines is 1. The average molecular weight is 327 g/mol. The summed E-state index contributed by atoms with van der Waals surface area (Å²) in [7, 11) is 0. The minimum Gasteiger partial charge on any atom is -0.365 e. The lowest BCUT2D eigenvalue weighted by Gasteiger charge is -2.40. The maximum absolute atomic E-state index is 6.54. The summed E-state index contributed by atoms with van der Waals surface area (Å²) in [6.45, 7) is 12.1. The van der Waals surface area contributed by atoms with E-state index in [0.29, 0.717) is 17.2 Å². The molecule has 1 N–H and O–H groups in total. The van der Waals surface area contributed by atoms with E-state index in [1.165, 1.54) is 17.0 Å². The number of para-hydroxylation sites is 1. The SMILES string of the molecule is CC(C)CNCc1cccc(Cl)c1N1CCSC(C)C1C. The van der Waals surface area contributed by atoms with Crippen LogP contribution < -0.4 is 10.2 Å². The highest BCUT2D eigenvalue weighted by atomic mass is 35.5. The van der Waals surface area contributed by atoms with Gasteiger partial charge in [0.2, 0.25) is 0 Å². The first-order chi connectivity index (χ1) is 10.0. The van der Waals surface area contributed by atoms with Gasteiger partial charge in [-0.1, -0.05) is 44.5 Å². The van der Waals surface area contributed by atoms with Gasteiger partial charge in [-0.05, 0) is 31.0 Å². The molecule has 0 amide bonds. The summed E-state index contributed by atoms with van der Waals surface area (Å²) in [5, 5.41) is 5.07. The molecule has 0 saturated carbocycles. The van der Waals surface area contributed by atoms with Crippen LogP contribution in [0.2, 0.25) is 5.02 Å². The van der Waals surface area contributed by atoms with Gasteiger partial charge in [0.15, 0.2) is 0 Å². The Labute approximate surface area is 138 Å². The molecule has 2 atom stereocenters. The van der Waals surface area contributed by atoms with Crippen LogP contribution in [0.1, 0.15) is 33.3 Å². The molecule has 118 valence electrons. The van der Waals surface area contributed by atoms with E-state index in [1.54, 1.807) is 0 Å². The third kappa shape index (κ3) is 4.30. The fourth-order valence-electron chi connectivity index (χ4n) is 2.77. The Kier molecular flexibility index (Phi) is 6.27. The summed E-state index contributed by atoms with van der Waals surface area (Å²) >= 11 is 8.60. The van der Waals surface area contributed by atoms with Gasteiger partial charge in [-0.2, -0.15) is 11.8 Å². The molecule has 1 saturated heterocycles. The number of rotatable bonds is 5. The first-order valence-electron chi connectivity index (χ1n) is 7.87. The van der Waals surface area contributed by atoms with Gasteiger partial charge >= 0.3 is 0 Å². The predicted octanol–water partition coefficient (Wildman–Crippen LogP) is 4.42. The Morgan fingerprint density at radius 2 is 2.14 bits per heavy atom. The lowest BCUT2D eigenvalue weighted by molar-refractivity contribution is 0.550. The summed E-state index contributed by atoms with van der Waals surface area (Å²) in [5.41, 5.74) is 2.55. The number of thioether (sulfide) groups is 1. The van der Waals surface area contributed by atoms with Gasteiger partial charge in [0.25, 0.3) is 0 Å².